The molecule has 3 aliphatic rings. The van der Waals surface area contributed by atoms with Crippen molar-refractivity contribution in [3.8, 4) is 0 Å². The van der Waals surface area contributed by atoms with Gasteiger partial charge in [-0.25, -0.2) is 0 Å². The number of nitrogens with zero attached hydrogens (tertiary/aromatic N) is 1. The zero-order valence-electron chi connectivity index (χ0n) is 8.84. The van der Waals surface area contributed by atoms with Crippen molar-refractivity contribution in [3.63, 3.8) is 0 Å². The zero-order chi connectivity index (χ0) is 9.64. The predicted molar refractivity (Wildman–Crippen MR) is 52.5 cm³/mol. The summed E-state index contributed by atoms with van der Waals surface area (Å²) in [5.41, 5.74) is 0.0359. The van der Waals surface area contributed by atoms with Crippen LogP contribution >= 0.6 is 0 Å². The van der Waals surface area contributed by atoms with Crippen molar-refractivity contribution in [3.05, 3.63) is 0 Å². The first-order chi connectivity index (χ1) is 6.08. The number of Topliss-reactive ketones (excluding diaryl/α,β-unsaturated/α-hetero) is 1. The minimum atomic E-state index is 0.0359. The molecule has 0 radical (unpaired) electrons. The maximum atomic E-state index is 12.1. The molecule has 0 spiro atoms. The van der Waals surface area contributed by atoms with Crippen molar-refractivity contribution in [2.75, 3.05) is 13.1 Å². The molecule has 2 bridgehead atoms. The molecule has 1 unspecified atom stereocenters. The van der Waals surface area contributed by atoms with Crippen molar-refractivity contribution in [1.82, 2.24) is 4.90 Å². The second-order valence-corrected chi connectivity index (χ2v) is 4.89. The summed E-state index contributed by atoms with van der Waals surface area (Å²) in [6.45, 7) is 8.73. The molecule has 0 saturated carbocycles. The molecule has 0 amide bonds. The normalized spacial score (nSPS) is 44.5. The number of rotatable bonds is 1. The summed E-state index contributed by atoms with van der Waals surface area (Å²) in [4.78, 5) is 14.4. The fourth-order valence-corrected chi connectivity index (χ4v) is 3.00. The van der Waals surface area contributed by atoms with Crippen LogP contribution in [0.4, 0.5) is 0 Å². The molecule has 74 valence electrons. The van der Waals surface area contributed by atoms with E-state index in [0.29, 0.717) is 11.7 Å². The Labute approximate surface area is 80.3 Å². The molecule has 0 N–H and O–H groups in total. The van der Waals surface area contributed by atoms with Gasteiger partial charge in [-0.1, -0.05) is 13.8 Å². The summed E-state index contributed by atoms with van der Waals surface area (Å²) in [6, 6.07) is 0.185. The average Bonchev–Trinajstić information content (AvgIpc) is 2.13. The summed E-state index contributed by atoms with van der Waals surface area (Å²) in [5, 5.41) is 0. The van der Waals surface area contributed by atoms with E-state index in [0.717, 1.165) is 25.9 Å². The fourth-order valence-electron chi connectivity index (χ4n) is 3.00. The van der Waals surface area contributed by atoms with E-state index < -0.39 is 0 Å². The molecular formula is C11H19NO. The molecule has 3 fully saturated rings. The zero-order valence-corrected chi connectivity index (χ0v) is 8.84. The van der Waals surface area contributed by atoms with Gasteiger partial charge in [-0.05, 0) is 38.8 Å². The lowest BCUT2D eigenvalue weighted by Gasteiger charge is -2.52. The molecule has 0 aromatic heterocycles. The summed E-state index contributed by atoms with van der Waals surface area (Å²) >= 11 is 0. The monoisotopic (exact) mass is 181 g/mol. The molecule has 2 nitrogen and oxygen atoms in total. The Morgan fingerprint density at radius 1 is 1.38 bits per heavy atom. The number of piperidine rings is 3. The van der Waals surface area contributed by atoms with Gasteiger partial charge in [-0.15, -0.1) is 0 Å². The largest absolute Gasteiger partial charge is 0.297 e. The second kappa shape index (κ2) is 2.81. The van der Waals surface area contributed by atoms with E-state index in [-0.39, 0.29) is 11.5 Å². The van der Waals surface area contributed by atoms with Crippen molar-refractivity contribution in [2.24, 2.45) is 11.3 Å². The molecule has 0 aromatic rings. The van der Waals surface area contributed by atoms with E-state index in [1.54, 1.807) is 0 Å². The molecule has 3 rings (SSSR count). The minimum Gasteiger partial charge on any atom is -0.297 e. The number of hydrogen-bond acceptors (Lipinski definition) is 2. The van der Waals surface area contributed by atoms with Gasteiger partial charge in [0, 0.05) is 5.41 Å². The molecule has 3 heterocycles. The van der Waals surface area contributed by atoms with E-state index in [1.165, 1.54) is 0 Å². The molecule has 3 aliphatic heterocycles. The first-order valence-corrected chi connectivity index (χ1v) is 5.36. The lowest BCUT2D eigenvalue weighted by atomic mass is 9.62. The Kier molecular flexibility index (Phi) is 1.99. The van der Waals surface area contributed by atoms with Crippen LogP contribution in [0.15, 0.2) is 0 Å². The maximum absolute atomic E-state index is 12.1. The van der Waals surface area contributed by atoms with Crippen molar-refractivity contribution in [1.29, 1.82) is 0 Å². The van der Waals surface area contributed by atoms with E-state index in [9.17, 15) is 4.79 Å². The first-order valence-electron chi connectivity index (χ1n) is 5.36. The Morgan fingerprint density at radius 3 is 2.31 bits per heavy atom. The van der Waals surface area contributed by atoms with Crippen LogP contribution in [0.2, 0.25) is 0 Å². The molecule has 3 saturated heterocycles. The molecule has 0 aliphatic carbocycles. The van der Waals surface area contributed by atoms with Gasteiger partial charge in [0.15, 0.2) is 5.78 Å². The van der Waals surface area contributed by atoms with Crippen LogP contribution in [0.1, 0.15) is 33.6 Å². The van der Waals surface area contributed by atoms with Crippen LogP contribution in [0.3, 0.4) is 0 Å². The fraction of sp³-hybridized carbons (Fsp3) is 0.909. The number of ketones is 1. The van der Waals surface area contributed by atoms with Gasteiger partial charge in [0.2, 0.25) is 0 Å². The second-order valence-electron chi connectivity index (χ2n) is 4.89. The summed E-state index contributed by atoms with van der Waals surface area (Å²) in [7, 11) is 0. The average molecular weight is 181 g/mol. The third-order valence-electron chi connectivity index (χ3n) is 4.21. The van der Waals surface area contributed by atoms with E-state index in [1.807, 2.05) is 0 Å². The van der Waals surface area contributed by atoms with Gasteiger partial charge in [-0.2, -0.15) is 0 Å². The van der Waals surface area contributed by atoms with Crippen molar-refractivity contribution >= 4 is 5.78 Å². The Balaban J connectivity index is 2.32. The lowest BCUT2D eigenvalue weighted by Crippen LogP contribution is -2.61. The maximum Gasteiger partial charge on any atom is 0.156 e. The van der Waals surface area contributed by atoms with Gasteiger partial charge in [0.1, 0.15) is 0 Å². The third-order valence-corrected chi connectivity index (χ3v) is 4.21. The summed E-state index contributed by atoms with van der Waals surface area (Å²) in [5.74, 6) is 1.02. The minimum absolute atomic E-state index is 0.0359. The SMILES string of the molecule is CC1C(=O)C2(C(C)C)CCN1CC2. The van der Waals surface area contributed by atoms with Crippen LogP contribution < -0.4 is 0 Å². The Hall–Kier alpha value is -0.370. The molecule has 0 aromatic carbocycles. The highest BCUT2D eigenvalue weighted by molar-refractivity contribution is 5.91. The van der Waals surface area contributed by atoms with Gasteiger partial charge in [-0.3, -0.25) is 9.69 Å². The highest BCUT2D eigenvalue weighted by atomic mass is 16.1. The quantitative estimate of drug-likeness (QED) is 0.613. The number of fused-ring (bicyclic) bond motifs is 3. The van der Waals surface area contributed by atoms with Crippen LogP contribution in [0.5, 0.6) is 0 Å². The summed E-state index contributed by atoms with van der Waals surface area (Å²) in [6.07, 6.45) is 2.18. The number of carbonyl (C=O) groups excluding carboxylic acids is 1. The highest BCUT2D eigenvalue weighted by Crippen LogP contribution is 2.45. The van der Waals surface area contributed by atoms with Crippen LogP contribution in [-0.4, -0.2) is 29.8 Å². The van der Waals surface area contributed by atoms with Crippen molar-refractivity contribution < 1.29 is 4.79 Å². The number of carbonyl (C=O) groups is 1. The lowest BCUT2D eigenvalue weighted by molar-refractivity contribution is -0.150. The smallest absolute Gasteiger partial charge is 0.156 e. The Morgan fingerprint density at radius 2 is 1.92 bits per heavy atom. The van der Waals surface area contributed by atoms with Gasteiger partial charge in [0.05, 0.1) is 6.04 Å². The van der Waals surface area contributed by atoms with E-state index in [2.05, 4.69) is 25.7 Å². The number of hydrogen-bond donors (Lipinski definition) is 0. The molecular weight excluding hydrogens is 162 g/mol. The topological polar surface area (TPSA) is 20.3 Å². The van der Waals surface area contributed by atoms with Gasteiger partial charge < -0.3 is 0 Å². The Bertz CT molecular complexity index is 226. The van der Waals surface area contributed by atoms with Crippen LogP contribution in [0.25, 0.3) is 0 Å². The summed E-state index contributed by atoms with van der Waals surface area (Å²) < 4.78 is 0. The highest BCUT2D eigenvalue weighted by Gasteiger charge is 2.51. The van der Waals surface area contributed by atoms with Gasteiger partial charge in [0.25, 0.3) is 0 Å². The van der Waals surface area contributed by atoms with Crippen LogP contribution in [-0.2, 0) is 4.79 Å². The van der Waals surface area contributed by atoms with E-state index >= 15 is 0 Å². The van der Waals surface area contributed by atoms with Crippen LogP contribution in [0, 0.1) is 11.3 Å². The molecule has 2 heteroatoms. The predicted octanol–water partition coefficient (Wildman–Crippen LogP) is 1.70. The van der Waals surface area contributed by atoms with Crippen molar-refractivity contribution in [2.45, 2.75) is 39.7 Å². The molecule has 13 heavy (non-hydrogen) atoms. The third kappa shape index (κ3) is 1.08. The molecule has 1 atom stereocenters. The standard InChI is InChI=1S/C11H19NO/c1-8(2)11-4-6-12(7-5-11)9(3)10(11)13/h8-9H,4-7H2,1-3H3. The first kappa shape index (κ1) is 9.20. The van der Waals surface area contributed by atoms with Gasteiger partial charge >= 0.3 is 0 Å². The van der Waals surface area contributed by atoms with E-state index in [4.69, 9.17) is 0 Å².